The molecule has 5 rings (SSSR count). The van der Waals surface area contributed by atoms with Crippen molar-refractivity contribution < 1.29 is 18.3 Å². The summed E-state index contributed by atoms with van der Waals surface area (Å²) >= 11 is 0. The number of fused-ring (bicyclic) bond motifs is 5. The van der Waals surface area contributed by atoms with Gasteiger partial charge in [-0.15, -0.1) is 0 Å². The Morgan fingerprint density at radius 3 is 2.43 bits per heavy atom. The molecule has 0 saturated heterocycles. The first kappa shape index (κ1) is 18.9. The highest BCUT2D eigenvalue weighted by molar-refractivity contribution is 5.61. The molecule has 3 aromatic carbocycles. The normalized spacial score (nSPS) is 19.9. The van der Waals surface area contributed by atoms with Gasteiger partial charge in [-0.05, 0) is 59.0 Å². The van der Waals surface area contributed by atoms with Crippen molar-refractivity contribution in [3.8, 4) is 11.5 Å². The van der Waals surface area contributed by atoms with Crippen molar-refractivity contribution in [2.75, 3.05) is 26.1 Å². The van der Waals surface area contributed by atoms with Crippen LogP contribution in [0.25, 0.3) is 0 Å². The SMILES string of the molecule is COc1cc2c(cc1OC)[C@@H]1c3ccccc3N[C@@H](c3ccc(F)c(F)c3)N1CC2. The lowest BCUT2D eigenvalue weighted by Gasteiger charge is -2.47. The van der Waals surface area contributed by atoms with Gasteiger partial charge in [0.25, 0.3) is 0 Å². The van der Waals surface area contributed by atoms with Crippen molar-refractivity contribution >= 4 is 5.69 Å². The average Bonchev–Trinajstić information content (AvgIpc) is 2.78. The minimum absolute atomic E-state index is 0.0379. The molecule has 2 heterocycles. The molecule has 30 heavy (non-hydrogen) atoms. The first-order chi connectivity index (χ1) is 14.6. The molecule has 0 radical (unpaired) electrons. The molecular formula is C24H22F2N2O2. The molecule has 4 nitrogen and oxygen atoms in total. The van der Waals surface area contributed by atoms with Crippen molar-refractivity contribution in [3.63, 3.8) is 0 Å². The van der Waals surface area contributed by atoms with Crippen LogP contribution in [0.5, 0.6) is 11.5 Å². The van der Waals surface area contributed by atoms with Crippen molar-refractivity contribution in [2.45, 2.75) is 18.6 Å². The van der Waals surface area contributed by atoms with E-state index in [1.807, 2.05) is 30.3 Å². The van der Waals surface area contributed by atoms with Crippen LogP contribution >= 0.6 is 0 Å². The molecule has 0 bridgehead atoms. The standard InChI is InChI=1S/C24H22F2N2O2/c1-29-21-12-14-9-10-28-23(17(14)13-22(21)30-2)16-5-3-4-6-20(16)27-24(28)15-7-8-18(25)19(26)11-15/h3-8,11-13,23-24,27H,9-10H2,1-2H3/t23-,24+/m0/s1. The lowest BCUT2D eigenvalue weighted by atomic mass is 9.84. The van der Waals surface area contributed by atoms with Gasteiger partial charge in [-0.3, -0.25) is 4.90 Å². The fourth-order valence-corrected chi connectivity index (χ4v) is 4.64. The van der Waals surface area contributed by atoms with E-state index in [0.717, 1.165) is 29.8 Å². The topological polar surface area (TPSA) is 33.7 Å². The van der Waals surface area contributed by atoms with E-state index in [-0.39, 0.29) is 12.2 Å². The molecule has 2 atom stereocenters. The van der Waals surface area contributed by atoms with Gasteiger partial charge in [0.2, 0.25) is 0 Å². The molecule has 2 aliphatic rings. The fraction of sp³-hybridized carbons (Fsp3) is 0.250. The summed E-state index contributed by atoms with van der Waals surface area (Å²) in [6, 6.07) is 16.3. The van der Waals surface area contributed by atoms with E-state index in [2.05, 4.69) is 16.3 Å². The first-order valence-electron chi connectivity index (χ1n) is 9.91. The highest BCUT2D eigenvalue weighted by Gasteiger charge is 2.39. The second kappa shape index (κ2) is 7.29. The number of benzene rings is 3. The average molecular weight is 408 g/mol. The Hall–Kier alpha value is -3.12. The smallest absolute Gasteiger partial charge is 0.161 e. The Morgan fingerprint density at radius 1 is 0.900 bits per heavy atom. The van der Waals surface area contributed by atoms with E-state index < -0.39 is 11.6 Å². The molecule has 0 aliphatic carbocycles. The molecule has 6 heteroatoms. The van der Waals surface area contributed by atoms with Crippen LogP contribution in [0.4, 0.5) is 14.5 Å². The van der Waals surface area contributed by atoms with Crippen LogP contribution in [0, 0.1) is 11.6 Å². The van der Waals surface area contributed by atoms with Crippen LogP contribution in [0.15, 0.2) is 54.6 Å². The number of nitrogens with one attached hydrogen (secondary N) is 1. The number of hydrogen-bond donors (Lipinski definition) is 1. The zero-order valence-corrected chi connectivity index (χ0v) is 16.8. The molecule has 0 fully saturated rings. The number of anilines is 1. The van der Waals surface area contributed by atoms with E-state index in [1.165, 1.54) is 17.7 Å². The maximum atomic E-state index is 14.0. The van der Waals surface area contributed by atoms with Crippen LogP contribution in [-0.2, 0) is 6.42 Å². The van der Waals surface area contributed by atoms with Gasteiger partial charge in [0.05, 0.1) is 20.3 Å². The Morgan fingerprint density at radius 2 is 1.67 bits per heavy atom. The second-order valence-corrected chi connectivity index (χ2v) is 7.60. The molecule has 2 aliphatic heterocycles. The van der Waals surface area contributed by atoms with Gasteiger partial charge >= 0.3 is 0 Å². The first-order valence-corrected chi connectivity index (χ1v) is 9.91. The zero-order chi connectivity index (χ0) is 20.8. The summed E-state index contributed by atoms with van der Waals surface area (Å²) in [5.41, 5.74) is 5.16. The van der Waals surface area contributed by atoms with Crippen LogP contribution in [0.2, 0.25) is 0 Å². The molecule has 0 amide bonds. The molecular weight excluding hydrogens is 386 g/mol. The van der Waals surface area contributed by atoms with Crippen molar-refractivity contribution in [2.24, 2.45) is 0 Å². The van der Waals surface area contributed by atoms with Crippen LogP contribution in [-0.4, -0.2) is 25.7 Å². The predicted molar refractivity (Wildman–Crippen MR) is 111 cm³/mol. The summed E-state index contributed by atoms with van der Waals surface area (Å²) in [5.74, 6) is -0.288. The van der Waals surface area contributed by atoms with Crippen molar-refractivity contribution in [1.29, 1.82) is 0 Å². The van der Waals surface area contributed by atoms with E-state index in [0.29, 0.717) is 17.1 Å². The Balaban J connectivity index is 1.68. The summed E-state index contributed by atoms with van der Waals surface area (Å²) in [5, 5.41) is 3.52. The van der Waals surface area contributed by atoms with Gasteiger partial charge in [-0.2, -0.15) is 0 Å². The number of methoxy groups -OCH3 is 2. The lowest BCUT2D eigenvalue weighted by molar-refractivity contribution is 0.153. The monoisotopic (exact) mass is 408 g/mol. The van der Waals surface area contributed by atoms with Crippen molar-refractivity contribution in [1.82, 2.24) is 4.90 Å². The summed E-state index contributed by atoms with van der Waals surface area (Å²) in [7, 11) is 3.27. The summed E-state index contributed by atoms with van der Waals surface area (Å²) < 4.78 is 38.6. The molecule has 0 saturated carbocycles. The summed E-state index contributed by atoms with van der Waals surface area (Å²) in [6.07, 6.45) is 0.539. The third-order valence-corrected chi connectivity index (χ3v) is 6.05. The lowest BCUT2D eigenvalue weighted by Crippen LogP contribution is -2.45. The number of para-hydroxylation sites is 1. The molecule has 0 spiro atoms. The van der Waals surface area contributed by atoms with Crippen LogP contribution in [0.3, 0.4) is 0 Å². The van der Waals surface area contributed by atoms with E-state index in [4.69, 9.17) is 9.47 Å². The third-order valence-electron chi connectivity index (χ3n) is 6.05. The Labute approximate surface area is 174 Å². The minimum atomic E-state index is -0.840. The maximum absolute atomic E-state index is 14.0. The van der Waals surface area contributed by atoms with Crippen LogP contribution in [0.1, 0.15) is 34.5 Å². The van der Waals surface area contributed by atoms with E-state index >= 15 is 0 Å². The van der Waals surface area contributed by atoms with Gasteiger partial charge in [-0.1, -0.05) is 24.3 Å². The highest BCUT2D eigenvalue weighted by atomic mass is 19.2. The molecule has 154 valence electrons. The number of halogens is 2. The predicted octanol–water partition coefficient (Wildman–Crippen LogP) is 5.05. The third kappa shape index (κ3) is 2.91. The van der Waals surface area contributed by atoms with Gasteiger partial charge in [0.15, 0.2) is 23.1 Å². The maximum Gasteiger partial charge on any atom is 0.161 e. The van der Waals surface area contributed by atoms with Crippen molar-refractivity contribution in [3.05, 3.63) is 88.5 Å². The molecule has 3 aromatic rings. The largest absolute Gasteiger partial charge is 0.493 e. The Bertz CT molecular complexity index is 1120. The minimum Gasteiger partial charge on any atom is -0.493 e. The fourth-order valence-electron chi connectivity index (χ4n) is 4.64. The number of nitrogens with zero attached hydrogens (tertiary/aromatic N) is 1. The van der Waals surface area contributed by atoms with Gasteiger partial charge in [0, 0.05) is 12.2 Å². The number of ether oxygens (including phenoxy) is 2. The van der Waals surface area contributed by atoms with Crippen LogP contribution < -0.4 is 14.8 Å². The molecule has 0 unspecified atom stereocenters. The Kier molecular flexibility index (Phi) is 4.59. The molecule has 0 aromatic heterocycles. The zero-order valence-electron chi connectivity index (χ0n) is 16.8. The highest BCUT2D eigenvalue weighted by Crippen LogP contribution is 2.48. The van der Waals surface area contributed by atoms with Gasteiger partial charge < -0.3 is 14.8 Å². The van der Waals surface area contributed by atoms with E-state index in [1.54, 1.807) is 20.3 Å². The summed E-state index contributed by atoms with van der Waals surface area (Å²) in [6.45, 7) is 0.762. The van der Waals surface area contributed by atoms with E-state index in [9.17, 15) is 8.78 Å². The number of hydrogen-bond acceptors (Lipinski definition) is 4. The second-order valence-electron chi connectivity index (χ2n) is 7.60. The van der Waals surface area contributed by atoms with Gasteiger partial charge in [0.1, 0.15) is 6.17 Å². The summed E-state index contributed by atoms with van der Waals surface area (Å²) in [4.78, 5) is 2.29. The molecule has 1 N–H and O–H groups in total. The van der Waals surface area contributed by atoms with Gasteiger partial charge in [-0.25, -0.2) is 8.78 Å². The number of rotatable bonds is 3. The quantitative estimate of drug-likeness (QED) is 0.657.